The van der Waals surface area contributed by atoms with Crippen molar-refractivity contribution in [1.82, 2.24) is 20.9 Å². The van der Waals surface area contributed by atoms with Crippen LogP contribution in [0.15, 0.2) is 36.7 Å². The van der Waals surface area contributed by atoms with Crippen molar-refractivity contribution >= 4 is 11.8 Å². The van der Waals surface area contributed by atoms with Gasteiger partial charge in [-0.25, -0.2) is 4.39 Å². The summed E-state index contributed by atoms with van der Waals surface area (Å²) in [5.74, 6) is 1.36. The maximum Gasteiger partial charge on any atom is 0.224 e. The molecule has 1 aliphatic rings. The molecule has 2 aromatic rings. The molecule has 39 heavy (non-hydrogen) atoms. The zero-order valence-electron chi connectivity index (χ0n) is 22.5. The summed E-state index contributed by atoms with van der Waals surface area (Å²) >= 11 is 0. The molecule has 3 atom stereocenters. The number of ether oxygens (including phenoxy) is 1. The van der Waals surface area contributed by atoms with E-state index in [2.05, 4.69) is 39.8 Å². The molecule has 1 aliphatic heterocycles. The van der Waals surface area contributed by atoms with Gasteiger partial charge < -0.3 is 25.8 Å². The summed E-state index contributed by atoms with van der Waals surface area (Å²) in [4.78, 5) is 29.8. The Kier molecular flexibility index (Phi) is 12.2. The van der Waals surface area contributed by atoms with Gasteiger partial charge in [-0.3, -0.25) is 14.6 Å². The number of aromatic nitrogens is 1. The number of hydrogen-bond donors (Lipinski definition) is 4. The highest BCUT2D eigenvalue weighted by Gasteiger charge is 2.26. The topological polar surface area (TPSA) is 113 Å². The molecular formula is C30H39FN4O4. The average molecular weight is 539 g/mol. The summed E-state index contributed by atoms with van der Waals surface area (Å²) in [7, 11) is 0. The van der Waals surface area contributed by atoms with E-state index in [0.29, 0.717) is 43.9 Å². The van der Waals surface area contributed by atoms with Gasteiger partial charge in [-0.1, -0.05) is 13.0 Å². The molecule has 8 nitrogen and oxygen atoms in total. The highest BCUT2D eigenvalue weighted by molar-refractivity contribution is 5.81. The first-order valence-electron chi connectivity index (χ1n) is 13.6. The largest absolute Gasteiger partial charge is 0.493 e. The minimum absolute atomic E-state index is 0.147. The number of halogens is 1. The molecule has 0 fully saturated rings. The Morgan fingerprint density at radius 1 is 1.23 bits per heavy atom. The van der Waals surface area contributed by atoms with Crippen LogP contribution in [0.4, 0.5) is 4.39 Å². The van der Waals surface area contributed by atoms with E-state index in [-0.39, 0.29) is 44.0 Å². The van der Waals surface area contributed by atoms with Crippen molar-refractivity contribution in [3.05, 3.63) is 59.2 Å². The molecule has 0 spiro atoms. The second-order valence-corrected chi connectivity index (χ2v) is 9.92. The van der Waals surface area contributed by atoms with Gasteiger partial charge in [-0.2, -0.15) is 0 Å². The van der Waals surface area contributed by atoms with Crippen molar-refractivity contribution in [2.24, 2.45) is 5.92 Å². The number of hydrogen-bond acceptors (Lipinski definition) is 6. The standard InChI is InChI=1S/C30H39FN4O4/c1-3-7-24-8-9-29(37)34-10-5-6-11-39-26-14-22(13-25(31)16-26)15-27(35-30(24)38)28(36)20-33-19-23-12-21(4-2)17-32-18-23/h1,12-14,16-18,24,27-28,33,36H,4-11,15,19-20H2,2H3,(H,34,37)(H,35,38). The zero-order valence-corrected chi connectivity index (χ0v) is 22.5. The number of carbonyl (C=O) groups is 2. The first-order chi connectivity index (χ1) is 18.9. The summed E-state index contributed by atoms with van der Waals surface area (Å²) in [6.07, 6.45) is 11.2. The number of nitrogens with zero attached hydrogens (tertiary/aromatic N) is 1. The Morgan fingerprint density at radius 3 is 2.85 bits per heavy atom. The van der Waals surface area contributed by atoms with Gasteiger partial charge in [0.1, 0.15) is 11.6 Å². The molecule has 2 amide bonds. The Morgan fingerprint density at radius 2 is 2.05 bits per heavy atom. The van der Waals surface area contributed by atoms with Crippen LogP contribution in [-0.2, 0) is 29.0 Å². The second-order valence-electron chi connectivity index (χ2n) is 9.92. The quantitative estimate of drug-likeness (QED) is 0.404. The van der Waals surface area contributed by atoms with Gasteiger partial charge >= 0.3 is 0 Å². The lowest BCUT2D eigenvalue weighted by Gasteiger charge is -2.27. The third kappa shape index (κ3) is 10.3. The lowest BCUT2D eigenvalue weighted by Crippen LogP contribution is -2.50. The number of benzene rings is 1. The van der Waals surface area contributed by atoms with Crippen molar-refractivity contribution in [1.29, 1.82) is 0 Å². The number of amides is 2. The van der Waals surface area contributed by atoms with E-state index in [1.165, 1.54) is 12.1 Å². The van der Waals surface area contributed by atoms with E-state index >= 15 is 0 Å². The first kappa shape index (κ1) is 30.1. The third-order valence-corrected chi connectivity index (χ3v) is 6.74. The second kappa shape index (κ2) is 15.8. The summed E-state index contributed by atoms with van der Waals surface area (Å²) in [6, 6.07) is 5.74. The van der Waals surface area contributed by atoms with Crippen LogP contribution in [0.25, 0.3) is 0 Å². The smallest absolute Gasteiger partial charge is 0.224 e. The highest BCUT2D eigenvalue weighted by atomic mass is 19.1. The number of nitrogens with one attached hydrogen (secondary N) is 3. The predicted molar refractivity (Wildman–Crippen MR) is 147 cm³/mol. The van der Waals surface area contributed by atoms with Gasteiger partial charge in [0, 0.05) is 56.9 Å². The molecule has 210 valence electrons. The third-order valence-electron chi connectivity index (χ3n) is 6.74. The van der Waals surface area contributed by atoms with Crippen LogP contribution in [0.5, 0.6) is 5.75 Å². The van der Waals surface area contributed by atoms with E-state index in [9.17, 15) is 19.1 Å². The van der Waals surface area contributed by atoms with E-state index in [1.807, 2.05) is 6.20 Å². The molecule has 3 unspecified atom stereocenters. The number of rotatable bonds is 7. The normalized spacial score (nSPS) is 20.1. The highest BCUT2D eigenvalue weighted by Crippen LogP contribution is 2.20. The fraction of sp³-hybridized carbons (Fsp3) is 0.500. The monoisotopic (exact) mass is 538 g/mol. The molecule has 0 aliphatic carbocycles. The van der Waals surface area contributed by atoms with Gasteiger partial charge in [0.25, 0.3) is 0 Å². The van der Waals surface area contributed by atoms with Crippen molar-refractivity contribution < 1.29 is 23.8 Å². The molecule has 1 aromatic heterocycles. The van der Waals surface area contributed by atoms with Crippen molar-refractivity contribution in [3.63, 3.8) is 0 Å². The molecule has 0 saturated carbocycles. The number of aliphatic hydroxyl groups excluding tert-OH is 1. The average Bonchev–Trinajstić information content (AvgIpc) is 2.91. The maximum absolute atomic E-state index is 14.4. The summed E-state index contributed by atoms with van der Waals surface area (Å²) in [6.45, 7) is 3.60. The van der Waals surface area contributed by atoms with Crippen LogP contribution in [0.1, 0.15) is 55.7 Å². The van der Waals surface area contributed by atoms with Gasteiger partial charge in [-0.05, 0) is 60.9 Å². The SMILES string of the molecule is C#CCC1CCC(=O)NCCCCOc2cc(F)cc(c2)CC(C(O)CNCc2cncc(CC)c2)NC1=O. The number of aryl methyl sites for hydroxylation is 1. The summed E-state index contributed by atoms with van der Waals surface area (Å²) in [5, 5.41) is 20.1. The van der Waals surface area contributed by atoms with E-state index in [0.717, 1.165) is 17.5 Å². The van der Waals surface area contributed by atoms with Gasteiger partial charge in [-0.15, -0.1) is 12.3 Å². The summed E-state index contributed by atoms with van der Waals surface area (Å²) < 4.78 is 20.2. The Bertz CT molecular complexity index is 1140. The van der Waals surface area contributed by atoms with E-state index < -0.39 is 23.9 Å². The molecule has 4 N–H and O–H groups in total. The van der Waals surface area contributed by atoms with Crippen LogP contribution in [0.2, 0.25) is 0 Å². The van der Waals surface area contributed by atoms with Crippen LogP contribution < -0.4 is 20.7 Å². The molecule has 2 heterocycles. The predicted octanol–water partition coefficient (Wildman–Crippen LogP) is 2.67. The van der Waals surface area contributed by atoms with Crippen LogP contribution in [0, 0.1) is 24.1 Å². The van der Waals surface area contributed by atoms with Gasteiger partial charge in [0.05, 0.1) is 18.8 Å². The fourth-order valence-corrected chi connectivity index (χ4v) is 4.50. The van der Waals surface area contributed by atoms with E-state index in [1.54, 1.807) is 12.3 Å². The van der Waals surface area contributed by atoms with Crippen LogP contribution in [-0.4, -0.2) is 53.7 Å². The number of aliphatic hydroxyl groups is 1. The van der Waals surface area contributed by atoms with Crippen LogP contribution in [0.3, 0.4) is 0 Å². The number of terminal acetylenes is 1. The Balaban J connectivity index is 1.78. The minimum atomic E-state index is -0.985. The lowest BCUT2D eigenvalue weighted by atomic mass is 9.95. The van der Waals surface area contributed by atoms with Crippen molar-refractivity contribution in [2.45, 2.75) is 70.6 Å². The zero-order chi connectivity index (χ0) is 28.0. The van der Waals surface area contributed by atoms with E-state index in [4.69, 9.17) is 11.2 Å². The fourth-order valence-electron chi connectivity index (χ4n) is 4.50. The maximum atomic E-state index is 14.4. The molecule has 1 aromatic carbocycles. The minimum Gasteiger partial charge on any atom is -0.493 e. The summed E-state index contributed by atoms with van der Waals surface area (Å²) in [5.41, 5.74) is 2.69. The number of pyridine rings is 1. The molecular weight excluding hydrogens is 499 g/mol. The first-order valence-corrected chi connectivity index (χ1v) is 13.6. The molecule has 3 rings (SSSR count). The van der Waals surface area contributed by atoms with Gasteiger partial charge in [0.2, 0.25) is 11.8 Å². The Hall–Kier alpha value is -3.48. The molecule has 0 radical (unpaired) electrons. The van der Waals surface area contributed by atoms with Crippen LogP contribution >= 0.6 is 0 Å². The molecule has 0 saturated heterocycles. The number of fused-ring (bicyclic) bond motifs is 2. The molecule has 9 heteroatoms. The van der Waals surface area contributed by atoms with Gasteiger partial charge in [0.15, 0.2) is 0 Å². The Labute approximate surface area is 230 Å². The lowest BCUT2D eigenvalue weighted by molar-refractivity contribution is -0.127. The number of carbonyl (C=O) groups excluding carboxylic acids is 2. The van der Waals surface area contributed by atoms with Crippen molar-refractivity contribution in [2.75, 3.05) is 19.7 Å². The van der Waals surface area contributed by atoms with Crippen molar-refractivity contribution in [3.8, 4) is 18.1 Å². The molecule has 2 bridgehead atoms.